The summed E-state index contributed by atoms with van der Waals surface area (Å²) in [7, 11) is 2.04. The van der Waals surface area contributed by atoms with Gasteiger partial charge in [0.25, 0.3) is 0 Å². The fourth-order valence-electron chi connectivity index (χ4n) is 2.68. The Bertz CT molecular complexity index is 411. The van der Waals surface area contributed by atoms with E-state index in [1.807, 2.05) is 19.2 Å². The summed E-state index contributed by atoms with van der Waals surface area (Å²) in [4.78, 5) is 13.1. The lowest BCUT2D eigenvalue weighted by atomic mass is 10.0. The van der Waals surface area contributed by atoms with E-state index < -0.39 is 5.97 Å². The van der Waals surface area contributed by atoms with Crippen LogP contribution in [0.2, 0.25) is 0 Å². The zero-order chi connectivity index (χ0) is 13.0. The molecule has 18 heavy (non-hydrogen) atoms. The molecule has 1 aliphatic carbocycles. The minimum Gasteiger partial charge on any atom is -0.478 e. The smallest absolute Gasteiger partial charge is 0.335 e. The van der Waals surface area contributed by atoms with Gasteiger partial charge in [0.1, 0.15) is 0 Å². The van der Waals surface area contributed by atoms with Crippen LogP contribution in [0.4, 0.5) is 5.69 Å². The van der Waals surface area contributed by atoms with Crippen LogP contribution in [-0.2, 0) is 0 Å². The zero-order valence-electron chi connectivity index (χ0n) is 10.9. The van der Waals surface area contributed by atoms with Gasteiger partial charge in [-0.1, -0.05) is 31.7 Å². The van der Waals surface area contributed by atoms with E-state index in [9.17, 15) is 4.79 Å². The number of aromatic carboxylic acids is 1. The Morgan fingerprint density at radius 1 is 1.39 bits per heavy atom. The van der Waals surface area contributed by atoms with Gasteiger partial charge in [0, 0.05) is 19.3 Å². The van der Waals surface area contributed by atoms with Crippen molar-refractivity contribution in [2.45, 2.75) is 32.1 Å². The van der Waals surface area contributed by atoms with Gasteiger partial charge in [-0.25, -0.2) is 4.79 Å². The molecular formula is C15H21NO2. The van der Waals surface area contributed by atoms with Gasteiger partial charge in [0.2, 0.25) is 0 Å². The summed E-state index contributed by atoms with van der Waals surface area (Å²) in [6.07, 6.45) is 6.70. The maximum Gasteiger partial charge on any atom is 0.335 e. The van der Waals surface area contributed by atoms with Gasteiger partial charge in [-0.05, 0) is 30.5 Å². The summed E-state index contributed by atoms with van der Waals surface area (Å²) in [5, 5.41) is 8.98. The Hall–Kier alpha value is -1.51. The average Bonchev–Trinajstić information content (AvgIpc) is 2.89. The molecule has 1 aromatic rings. The Balaban J connectivity index is 1.93. The molecule has 0 spiro atoms. The third kappa shape index (κ3) is 3.25. The lowest BCUT2D eigenvalue weighted by molar-refractivity contribution is 0.0697. The molecule has 0 aliphatic heterocycles. The van der Waals surface area contributed by atoms with E-state index in [4.69, 9.17) is 5.11 Å². The molecule has 1 aliphatic rings. The summed E-state index contributed by atoms with van der Waals surface area (Å²) in [5.74, 6) is 0.0103. The average molecular weight is 247 g/mol. The first kappa shape index (κ1) is 12.9. The number of hydrogen-bond donors (Lipinski definition) is 1. The number of carboxylic acid groups (broad SMARTS) is 1. The van der Waals surface area contributed by atoms with Gasteiger partial charge in [0.05, 0.1) is 5.56 Å². The second kappa shape index (κ2) is 5.89. The van der Waals surface area contributed by atoms with E-state index in [1.165, 1.54) is 32.1 Å². The number of anilines is 1. The molecule has 0 saturated heterocycles. The first-order chi connectivity index (χ1) is 8.66. The van der Waals surface area contributed by atoms with E-state index >= 15 is 0 Å². The summed E-state index contributed by atoms with van der Waals surface area (Å²) in [6, 6.07) is 7.17. The highest BCUT2D eigenvalue weighted by Gasteiger charge is 2.15. The Morgan fingerprint density at radius 3 is 2.78 bits per heavy atom. The summed E-state index contributed by atoms with van der Waals surface area (Å²) < 4.78 is 0. The highest BCUT2D eigenvalue weighted by molar-refractivity contribution is 5.88. The molecule has 0 unspecified atom stereocenters. The SMILES string of the molecule is CN(CCC1CCCC1)c1cccc(C(=O)O)c1. The molecule has 0 amide bonds. The summed E-state index contributed by atoms with van der Waals surface area (Å²) in [6.45, 7) is 1.01. The van der Waals surface area contributed by atoms with Gasteiger partial charge in [-0.3, -0.25) is 0 Å². The van der Waals surface area contributed by atoms with E-state index in [1.54, 1.807) is 12.1 Å². The first-order valence-electron chi connectivity index (χ1n) is 6.71. The molecule has 3 heteroatoms. The predicted molar refractivity (Wildman–Crippen MR) is 73.2 cm³/mol. The third-order valence-electron chi connectivity index (χ3n) is 3.88. The third-order valence-corrected chi connectivity index (χ3v) is 3.88. The van der Waals surface area contributed by atoms with Crippen LogP contribution in [0.25, 0.3) is 0 Å². The van der Waals surface area contributed by atoms with Gasteiger partial charge in [0.15, 0.2) is 0 Å². The van der Waals surface area contributed by atoms with E-state index in [-0.39, 0.29) is 0 Å². The van der Waals surface area contributed by atoms with Gasteiger partial charge < -0.3 is 10.0 Å². The number of nitrogens with zero attached hydrogens (tertiary/aromatic N) is 1. The molecule has 0 radical (unpaired) electrons. The highest BCUT2D eigenvalue weighted by atomic mass is 16.4. The van der Waals surface area contributed by atoms with Crippen molar-refractivity contribution < 1.29 is 9.90 Å². The van der Waals surface area contributed by atoms with Crippen LogP contribution in [0.5, 0.6) is 0 Å². The number of carbonyl (C=O) groups is 1. The van der Waals surface area contributed by atoms with Crippen molar-refractivity contribution in [3.63, 3.8) is 0 Å². The lowest BCUT2D eigenvalue weighted by Gasteiger charge is -2.21. The molecule has 98 valence electrons. The number of hydrogen-bond acceptors (Lipinski definition) is 2. The van der Waals surface area contributed by atoms with Crippen molar-refractivity contribution in [2.24, 2.45) is 5.92 Å². The topological polar surface area (TPSA) is 40.5 Å². The standard InChI is InChI=1S/C15H21NO2/c1-16(10-9-12-5-2-3-6-12)14-8-4-7-13(11-14)15(17)18/h4,7-8,11-12H,2-3,5-6,9-10H2,1H3,(H,17,18). The molecule has 1 N–H and O–H groups in total. The zero-order valence-corrected chi connectivity index (χ0v) is 10.9. The van der Waals surface area contributed by atoms with Gasteiger partial charge in [-0.15, -0.1) is 0 Å². The molecule has 0 bridgehead atoms. The van der Waals surface area contributed by atoms with Crippen molar-refractivity contribution >= 4 is 11.7 Å². The van der Waals surface area contributed by atoms with E-state index in [0.29, 0.717) is 5.56 Å². The Kier molecular flexibility index (Phi) is 4.24. The second-order valence-corrected chi connectivity index (χ2v) is 5.22. The van der Waals surface area contributed by atoms with Crippen molar-refractivity contribution in [1.29, 1.82) is 0 Å². The minimum absolute atomic E-state index is 0.361. The molecule has 3 nitrogen and oxygen atoms in total. The van der Waals surface area contributed by atoms with Crippen LogP contribution >= 0.6 is 0 Å². The molecule has 0 aromatic heterocycles. The van der Waals surface area contributed by atoms with Crippen molar-refractivity contribution in [3.8, 4) is 0 Å². The van der Waals surface area contributed by atoms with Crippen LogP contribution in [0.1, 0.15) is 42.5 Å². The largest absolute Gasteiger partial charge is 0.478 e. The maximum atomic E-state index is 10.9. The minimum atomic E-state index is -0.860. The van der Waals surface area contributed by atoms with Crippen LogP contribution < -0.4 is 4.90 Å². The quantitative estimate of drug-likeness (QED) is 0.867. The number of carboxylic acids is 1. The van der Waals surface area contributed by atoms with Crippen molar-refractivity contribution in [3.05, 3.63) is 29.8 Å². The molecule has 1 aromatic carbocycles. The fraction of sp³-hybridized carbons (Fsp3) is 0.533. The number of rotatable bonds is 5. The monoisotopic (exact) mass is 247 g/mol. The second-order valence-electron chi connectivity index (χ2n) is 5.22. The summed E-state index contributed by atoms with van der Waals surface area (Å²) in [5.41, 5.74) is 1.35. The van der Waals surface area contributed by atoms with Crippen LogP contribution in [0.15, 0.2) is 24.3 Å². The van der Waals surface area contributed by atoms with Crippen LogP contribution in [0.3, 0.4) is 0 Å². The van der Waals surface area contributed by atoms with E-state index in [0.717, 1.165) is 18.2 Å². The molecular weight excluding hydrogens is 226 g/mol. The van der Waals surface area contributed by atoms with Crippen LogP contribution in [0, 0.1) is 5.92 Å². The molecule has 0 atom stereocenters. The molecule has 0 heterocycles. The Morgan fingerprint density at radius 2 is 2.11 bits per heavy atom. The van der Waals surface area contributed by atoms with Gasteiger partial charge >= 0.3 is 5.97 Å². The molecule has 2 rings (SSSR count). The maximum absolute atomic E-state index is 10.9. The van der Waals surface area contributed by atoms with Crippen molar-refractivity contribution in [1.82, 2.24) is 0 Å². The molecule has 1 saturated carbocycles. The Labute approximate surface area is 108 Å². The summed E-state index contributed by atoms with van der Waals surface area (Å²) >= 11 is 0. The van der Waals surface area contributed by atoms with Gasteiger partial charge in [-0.2, -0.15) is 0 Å². The normalized spacial score (nSPS) is 15.8. The highest BCUT2D eigenvalue weighted by Crippen LogP contribution is 2.28. The van der Waals surface area contributed by atoms with Crippen LogP contribution in [-0.4, -0.2) is 24.7 Å². The fourth-order valence-corrected chi connectivity index (χ4v) is 2.68. The lowest BCUT2D eigenvalue weighted by Crippen LogP contribution is -2.20. The first-order valence-corrected chi connectivity index (χ1v) is 6.71. The number of benzene rings is 1. The molecule has 1 fully saturated rings. The van der Waals surface area contributed by atoms with Crippen molar-refractivity contribution in [2.75, 3.05) is 18.5 Å². The van der Waals surface area contributed by atoms with E-state index in [2.05, 4.69) is 4.90 Å². The predicted octanol–water partition coefficient (Wildman–Crippen LogP) is 3.40.